The number of piperidine rings is 1. The van der Waals surface area contributed by atoms with Crippen molar-refractivity contribution in [3.63, 3.8) is 0 Å². The summed E-state index contributed by atoms with van der Waals surface area (Å²) >= 11 is 0. The average Bonchev–Trinajstić information content (AvgIpc) is 3.75. The number of aromatic nitrogens is 4. The summed E-state index contributed by atoms with van der Waals surface area (Å²) in [5.41, 5.74) is 4.68. The van der Waals surface area contributed by atoms with E-state index >= 15 is 0 Å². The van der Waals surface area contributed by atoms with E-state index < -0.39 is 21.7 Å². The zero-order valence-corrected chi connectivity index (χ0v) is 34.9. The molecule has 11 nitrogen and oxygen atoms in total. The summed E-state index contributed by atoms with van der Waals surface area (Å²) in [5.74, 6) is 1.54. The van der Waals surface area contributed by atoms with E-state index in [-0.39, 0.29) is 24.1 Å². The van der Waals surface area contributed by atoms with E-state index in [0.717, 1.165) is 85.2 Å². The molecule has 1 saturated carbocycles. The topological polar surface area (TPSA) is 111 Å². The van der Waals surface area contributed by atoms with Crippen molar-refractivity contribution in [3.8, 4) is 11.1 Å². The number of anilines is 1. The van der Waals surface area contributed by atoms with E-state index in [1.54, 1.807) is 12.3 Å². The molecule has 3 fully saturated rings. The number of carbonyl (C=O) groups excluding carboxylic acids is 2. The van der Waals surface area contributed by atoms with Crippen LogP contribution in [0.4, 0.5) is 10.6 Å². The highest BCUT2D eigenvalue weighted by Gasteiger charge is 2.47. The predicted molar refractivity (Wildman–Crippen MR) is 211 cm³/mol. The Kier molecular flexibility index (Phi) is 11.4. The van der Waals surface area contributed by atoms with E-state index in [4.69, 9.17) is 24.3 Å². The number of fused-ring (bicyclic) bond motifs is 3. The summed E-state index contributed by atoms with van der Waals surface area (Å²) in [4.78, 5) is 39.0. The van der Waals surface area contributed by atoms with Gasteiger partial charge in [-0.25, -0.2) is 9.78 Å². The molecule has 284 valence electrons. The molecule has 0 N–H and O–H groups in total. The van der Waals surface area contributed by atoms with E-state index in [0.29, 0.717) is 38.3 Å². The third kappa shape index (κ3) is 9.32. The molecular formula is C39H60N6O5Si2. The van der Waals surface area contributed by atoms with Crippen LogP contribution in [0.3, 0.4) is 0 Å². The normalized spacial score (nSPS) is 20.8. The molecular weight excluding hydrogens is 689 g/mol. The number of hydrogen-bond acceptors (Lipinski definition) is 9. The number of ether oxygens (including phenoxy) is 3. The molecule has 52 heavy (non-hydrogen) atoms. The fourth-order valence-corrected chi connectivity index (χ4v) is 9.02. The third-order valence-corrected chi connectivity index (χ3v) is 13.8. The van der Waals surface area contributed by atoms with Crippen molar-refractivity contribution < 1.29 is 23.8 Å². The first kappa shape index (κ1) is 38.6. The Balaban J connectivity index is 1.43. The second-order valence-electron chi connectivity index (χ2n) is 18.6. The molecule has 6 rings (SSSR count). The van der Waals surface area contributed by atoms with Crippen molar-refractivity contribution in [1.29, 1.82) is 0 Å². The standard InChI is InChI=1S/C39H60N6O5Si2/c1-39(2,3)50-38(47)44-31-14-15-32(44)21-29(20-31)35-34(27-10-11-27)37(43(25-48-16-18-51(4,5)6)26-49-17-19-52(7,8)9)45-36(42-35)33(23-41-45)28-12-13-30(24-46)40-22-28/h12-13,22-24,27,29,31-32H,10-11,14-21,25-26H2,1-9H3. The molecule has 0 spiro atoms. The maximum Gasteiger partial charge on any atom is 0.410 e. The van der Waals surface area contributed by atoms with Crippen LogP contribution in [0.15, 0.2) is 24.5 Å². The molecule has 2 aliphatic heterocycles. The minimum atomic E-state index is -1.29. The minimum Gasteiger partial charge on any atom is -0.444 e. The smallest absolute Gasteiger partial charge is 0.410 e. The van der Waals surface area contributed by atoms with Gasteiger partial charge in [-0.05, 0) is 83.4 Å². The van der Waals surface area contributed by atoms with Gasteiger partial charge in [0.2, 0.25) is 0 Å². The zero-order valence-electron chi connectivity index (χ0n) is 32.9. The predicted octanol–water partition coefficient (Wildman–Crippen LogP) is 8.56. The average molecular weight is 749 g/mol. The van der Waals surface area contributed by atoms with Gasteiger partial charge in [-0.1, -0.05) is 45.3 Å². The fraction of sp³-hybridized carbons (Fsp3) is 0.667. The minimum absolute atomic E-state index is 0.113. The largest absolute Gasteiger partial charge is 0.444 e. The number of rotatable bonds is 15. The van der Waals surface area contributed by atoms with E-state index in [2.05, 4.69) is 49.2 Å². The van der Waals surface area contributed by atoms with E-state index in [1.165, 1.54) is 5.56 Å². The number of carbonyl (C=O) groups is 2. The van der Waals surface area contributed by atoms with Crippen LogP contribution in [0.2, 0.25) is 51.4 Å². The van der Waals surface area contributed by atoms with E-state index in [9.17, 15) is 9.59 Å². The highest BCUT2D eigenvalue weighted by molar-refractivity contribution is 6.76. The molecule has 13 heteroatoms. The van der Waals surface area contributed by atoms with Gasteiger partial charge < -0.3 is 24.0 Å². The van der Waals surface area contributed by atoms with Crippen molar-refractivity contribution >= 4 is 40.0 Å². The van der Waals surface area contributed by atoms with Crippen LogP contribution in [0.5, 0.6) is 0 Å². The molecule has 1 aliphatic carbocycles. The fourth-order valence-electron chi connectivity index (χ4n) is 7.50. The van der Waals surface area contributed by atoms with Crippen LogP contribution in [-0.4, -0.2) is 97.4 Å². The van der Waals surface area contributed by atoms with Gasteiger partial charge in [-0.2, -0.15) is 9.61 Å². The molecule has 5 heterocycles. The highest BCUT2D eigenvalue weighted by atomic mass is 28.3. The first-order chi connectivity index (χ1) is 24.5. The Morgan fingerprint density at radius 3 is 2.02 bits per heavy atom. The lowest BCUT2D eigenvalue weighted by Crippen LogP contribution is -2.48. The number of pyridine rings is 1. The molecule has 2 atom stereocenters. The molecule has 0 aromatic carbocycles. The van der Waals surface area contributed by atoms with Gasteiger partial charge in [0.1, 0.15) is 30.6 Å². The van der Waals surface area contributed by atoms with Crippen molar-refractivity contribution in [2.75, 3.05) is 31.6 Å². The maximum absolute atomic E-state index is 13.4. The highest BCUT2D eigenvalue weighted by Crippen LogP contribution is 2.52. The number of aldehydes is 1. The van der Waals surface area contributed by atoms with Gasteiger partial charge in [-0.3, -0.25) is 9.78 Å². The molecule has 1 amide bonds. The van der Waals surface area contributed by atoms with Crippen molar-refractivity contribution in [2.45, 2.75) is 140 Å². The Morgan fingerprint density at radius 2 is 1.52 bits per heavy atom. The molecule has 3 aliphatic rings. The Labute approximate surface area is 311 Å². The molecule has 3 aromatic rings. The van der Waals surface area contributed by atoms with Crippen LogP contribution >= 0.6 is 0 Å². The Bertz CT molecular complexity index is 1690. The summed E-state index contributed by atoms with van der Waals surface area (Å²) in [6.45, 7) is 22.2. The van der Waals surface area contributed by atoms with Crippen LogP contribution in [-0.2, 0) is 14.2 Å². The molecule has 0 radical (unpaired) electrons. The molecule has 3 aromatic heterocycles. The zero-order chi connectivity index (χ0) is 37.4. The third-order valence-electron chi connectivity index (χ3n) is 10.4. The lowest BCUT2D eigenvalue weighted by molar-refractivity contribution is 0.00565. The van der Waals surface area contributed by atoms with Gasteiger partial charge >= 0.3 is 6.09 Å². The summed E-state index contributed by atoms with van der Waals surface area (Å²) in [6, 6.07) is 6.04. The lowest BCUT2D eigenvalue weighted by Gasteiger charge is -2.40. The van der Waals surface area contributed by atoms with Crippen LogP contribution in [0.1, 0.15) is 92.9 Å². The van der Waals surface area contributed by atoms with Crippen molar-refractivity contribution in [1.82, 2.24) is 24.5 Å². The summed E-state index contributed by atoms with van der Waals surface area (Å²) < 4.78 is 20.8. The van der Waals surface area contributed by atoms with Crippen molar-refractivity contribution in [3.05, 3.63) is 41.5 Å². The summed E-state index contributed by atoms with van der Waals surface area (Å²) in [7, 11) is -2.59. The molecule has 2 unspecified atom stereocenters. The van der Waals surface area contributed by atoms with E-state index in [1.807, 2.05) is 42.4 Å². The second-order valence-corrected chi connectivity index (χ2v) is 29.8. The Hall–Kier alpha value is -3.14. The first-order valence-electron chi connectivity index (χ1n) is 19.3. The SMILES string of the molecule is CC(C)(C)OC(=O)N1C2CCC1CC(c1nc3c(-c4ccc(C=O)nc4)cnn3c(N(COCC[Si](C)(C)C)COCC[Si](C)(C)C)c1C1CC1)C2. The number of nitrogens with zero attached hydrogens (tertiary/aromatic N) is 6. The summed E-state index contributed by atoms with van der Waals surface area (Å²) in [6.07, 6.45) is 9.99. The van der Waals surface area contributed by atoms with Gasteiger partial charge in [0.15, 0.2) is 11.9 Å². The van der Waals surface area contributed by atoms with Crippen LogP contribution in [0, 0.1) is 0 Å². The summed E-state index contributed by atoms with van der Waals surface area (Å²) in [5, 5.41) is 5.01. The number of amides is 1. The Morgan fingerprint density at radius 1 is 0.904 bits per heavy atom. The van der Waals surface area contributed by atoms with Crippen LogP contribution < -0.4 is 4.90 Å². The quantitative estimate of drug-likeness (QED) is 0.0653. The maximum atomic E-state index is 13.4. The van der Waals surface area contributed by atoms with Gasteiger partial charge in [0.25, 0.3) is 0 Å². The first-order valence-corrected chi connectivity index (χ1v) is 26.7. The molecule has 2 bridgehead atoms. The lowest BCUT2D eigenvalue weighted by atomic mass is 9.85. The molecule has 2 saturated heterocycles. The van der Waals surface area contributed by atoms with Crippen molar-refractivity contribution in [2.24, 2.45) is 0 Å². The van der Waals surface area contributed by atoms with Gasteiger partial charge in [-0.15, -0.1) is 0 Å². The van der Waals surface area contributed by atoms with Gasteiger partial charge in [0.05, 0.1) is 11.9 Å². The van der Waals surface area contributed by atoms with Crippen LogP contribution in [0.25, 0.3) is 16.8 Å². The monoisotopic (exact) mass is 748 g/mol. The van der Waals surface area contributed by atoms with Gasteiger partial charge in [0, 0.05) is 70.3 Å². The second kappa shape index (κ2) is 15.3. The number of hydrogen-bond donors (Lipinski definition) is 0.